The molecule has 0 saturated carbocycles. The van der Waals surface area contributed by atoms with Crippen LogP contribution in [-0.4, -0.2) is 27.2 Å². The number of fused-ring (bicyclic) bond motifs is 1. The molecule has 0 radical (unpaired) electrons. The molecule has 2 aromatic rings. The van der Waals surface area contributed by atoms with Gasteiger partial charge in [-0.3, -0.25) is 4.79 Å². The van der Waals surface area contributed by atoms with Crippen LogP contribution in [0.4, 0.5) is 5.69 Å². The van der Waals surface area contributed by atoms with E-state index in [-0.39, 0.29) is 11.9 Å². The Morgan fingerprint density at radius 3 is 2.95 bits per heavy atom. The topological polar surface area (TPSA) is 66.9 Å². The zero-order chi connectivity index (χ0) is 14.1. The highest BCUT2D eigenvalue weighted by atomic mass is 35.5. The Kier molecular flexibility index (Phi) is 3.96. The molecule has 1 atom stereocenters. The fourth-order valence-electron chi connectivity index (χ4n) is 2.31. The van der Waals surface area contributed by atoms with Gasteiger partial charge in [0.2, 0.25) is 5.91 Å². The second kappa shape index (κ2) is 5.71. The number of rotatable bonds is 2. The second-order valence-corrected chi connectivity index (χ2v) is 6.06. The monoisotopic (exact) mass is 330 g/mol. The molecular weight excluding hydrogens is 319 g/mol. The van der Waals surface area contributed by atoms with Gasteiger partial charge >= 0.3 is 0 Å². The van der Waals surface area contributed by atoms with Crippen LogP contribution in [0.25, 0.3) is 11.0 Å². The average Bonchev–Trinajstić information content (AvgIpc) is 2.80. The van der Waals surface area contributed by atoms with Gasteiger partial charge in [0.1, 0.15) is 11.0 Å². The van der Waals surface area contributed by atoms with Gasteiger partial charge in [-0.2, -0.15) is 8.75 Å². The van der Waals surface area contributed by atoms with Crippen LogP contribution in [0.2, 0.25) is 10.0 Å². The molecule has 0 aliphatic carbocycles. The molecule has 1 fully saturated rings. The molecule has 1 aliphatic heterocycles. The standard InChI is InChI=1S/C12H12Cl2N4OS/c13-7-5-8(14)11-12(18-20-17-11)10(7)16-6-2-1-3-15-9(19)4-6/h5-6,16H,1-4H2,(H,15,19). The molecule has 2 N–H and O–H groups in total. The maximum atomic E-state index is 11.6. The zero-order valence-electron chi connectivity index (χ0n) is 10.4. The van der Waals surface area contributed by atoms with Gasteiger partial charge in [0.05, 0.1) is 27.5 Å². The lowest BCUT2D eigenvalue weighted by Gasteiger charge is -2.18. The smallest absolute Gasteiger partial charge is 0.222 e. The molecule has 1 aromatic carbocycles. The van der Waals surface area contributed by atoms with Crippen LogP contribution in [0, 0.1) is 0 Å². The first-order valence-electron chi connectivity index (χ1n) is 6.28. The molecule has 8 heteroatoms. The van der Waals surface area contributed by atoms with Crippen molar-refractivity contribution in [2.75, 3.05) is 11.9 Å². The quantitative estimate of drug-likeness (QED) is 0.887. The van der Waals surface area contributed by atoms with Gasteiger partial charge in [-0.25, -0.2) is 0 Å². The summed E-state index contributed by atoms with van der Waals surface area (Å²) in [5.41, 5.74) is 2.01. The molecule has 5 nitrogen and oxygen atoms in total. The number of carbonyl (C=O) groups is 1. The Balaban J connectivity index is 1.93. The lowest BCUT2D eigenvalue weighted by molar-refractivity contribution is -0.120. The molecule has 106 valence electrons. The third-order valence-electron chi connectivity index (χ3n) is 3.28. The molecule has 1 amide bonds. The van der Waals surface area contributed by atoms with Crippen molar-refractivity contribution in [2.24, 2.45) is 0 Å². The van der Waals surface area contributed by atoms with E-state index in [1.807, 2.05) is 0 Å². The molecule has 1 unspecified atom stereocenters. The Labute approximate surface area is 130 Å². The first-order chi connectivity index (χ1) is 9.65. The number of carbonyl (C=O) groups excluding carboxylic acids is 1. The summed E-state index contributed by atoms with van der Waals surface area (Å²) >= 11 is 13.4. The third kappa shape index (κ3) is 2.68. The van der Waals surface area contributed by atoms with Crippen LogP contribution in [-0.2, 0) is 4.79 Å². The number of hydrogen-bond acceptors (Lipinski definition) is 5. The number of hydrogen-bond donors (Lipinski definition) is 2. The fourth-order valence-corrected chi connectivity index (χ4v) is 3.48. The maximum Gasteiger partial charge on any atom is 0.222 e. The third-order valence-corrected chi connectivity index (χ3v) is 4.39. The van der Waals surface area contributed by atoms with Crippen molar-refractivity contribution in [3.63, 3.8) is 0 Å². The normalized spacial score (nSPS) is 19.7. The average molecular weight is 331 g/mol. The van der Waals surface area contributed by atoms with Gasteiger partial charge in [-0.15, -0.1) is 0 Å². The second-order valence-electron chi connectivity index (χ2n) is 4.71. The van der Waals surface area contributed by atoms with Crippen LogP contribution in [0.5, 0.6) is 0 Å². The molecular formula is C12H12Cl2N4OS. The summed E-state index contributed by atoms with van der Waals surface area (Å²) in [7, 11) is 0. The van der Waals surface area contributed by atoms with Crippen molar-refractivity contribution >= 4 is 57.6 Å². The summed E-state index contributed by atoms with van der Waals surface area (Å²) in [5, 5.41) is 7.17. The number of anilines is 1. The summed E-state index contributed by atoms with van der Waals surface area (Å²) in [6.07, 6.45) is 2.27. The highest BCUT2D eigenvalue weighted by molar-refractivity contribution is 7.00. The van der Waals surface area contributed by atoms with E-state index in [1.54, 1.807) is 6.07 Å². The lowest BCUT2D eigenvalue weighted by atomic mass is 10.1. The van der Waals surface area contributed by atoms with E-state index in [2.05, 4.69) is 19.4 Å². The number of nitrogens with one attached hydrogen (secondary N) is 2. The molecule has 1 aliphatic rings. The highest BCUT2D eigenvalue weighted by Crippen LogP contribution is 2.36. The van der Waals surface area contributed by atoms with Crippen LogP contribution >= 0.6 is 34.9 Å². The number of aromatic nitrogens is 2. The van der Waals surface area contributed by atoms with Gasteiger partial charge in [-0.05, 0) is 18.9 Å². The zero-order valence-corrected chi connectivity index (χ0v) is 12.8. The van der Waals surface area contributed by atoms with Crippen molar-refractivity contribution in [1.29, 1.82) is 0 Å². The molecule has 0 spiro atoms. The molecule has 20 heavy (non-hydrogen) atoms. The number of nitrogens with zero attached hydrogens (tertiary/aromatic N) is 2. The molecule has 2 heterocycles. The van der Waals surface area contributed by atoms with Crippen LogP contribution in [0.3, 0.4) is 0 Å². The minimum Gasteiger partial charge on any atom is -0.379 e. The van der Waals surface area contributed by atoms with E-state index < -0.39 is 0 Å². The molecule has 0 bridgehead atoms. The van der Waals surface area contributed by atoms with Gasteiger partial charge in [0.25, 0.3) is 0 Å². The van der Waals surface area contributed by atoms with Gasteiger partial charge in [-0.1, -0.05) is 23.2 Å². The first-order valence-corrected chi connectivity index (χ1v) is 7.77. The van der Waals surface area contributed by atoms with Crippen molar-refractivity contribution in [2.45, 2.75) is 25.3 Å². The molecule has 3 rings (SSSR count). The van der Waals surface area contributed by atoms with Crippen molar-refractivity contribution in [1.82, 2.24) is 14.1 Å². The minimum absolute atomic E-state index is 0.0427. The fraction of sp³-hybridized carbons (Fsp3) is 0.417. The van der Waals surface area contributed by atoms with Gasteiger partial charge in [0, 0.05) is 19.0 Å². The Bertz CT molecular complexity index is 660. The summed E-state index contributed by atoms with van der Waals surface area (Å²) in [6, 6.07) is 1.70. The highest BCUT2D eigenvalue weighted by Gasteiger charge is 2.21. The number of halogens is 2. The van der Waals surface area contributed by atoms with E-state index in [0.29, 0.717) is 33.2 Å². The maximum absolute atomic E-state index is 11.6. The van der Waals surface area contributed by atoms with Gasteiger partial charge in [0.15, 0.2) is 0 Å². The van der Waals surface area contributed by atoms with Crippen molar-refractivity contribution in [3.8, 4) is 0 Å². The number of benzene rings is 1. The van der Waals surface area contributed by atoms with Crippen LogP contribution in [0.15, 0.2) is 6.07 Å². The Morgan fingerprint density at radius 1 is 1.30 bits per heavy atom. The number of amides is 1. The molecule has 1 saturated heterocycles. The Hall–Kier alpha value is -1.11. The largest absolute Gasteiger partial charge is 0.379 e. The van der Waals surface area contributed by atoms with Gasteiger partial charge < -0.3 is 10.6 Å². The predicted octanol–water partition coefficient (Wildman–Crippen LogP) is 3.08. The summed E-state index contributed by atoms with van der Waals surface area (Å²) < 4.78 is 8.41. The van der Waals surface area contributed by atoms with E-state index in [1.165, 1.54) is 0 Å². The predicted molar refractivity (Wildman–Crippen MR) is 81.7 cm³/mol. The van der Waals surface area contributed by atoms with Crippen LogP contribution < -0.4 is 10.6 Å². The minimum atomic E-state index is 0.0427. The summed E-state index contributed by atoms with van der Waals surface area (Å²) in [6.45, 7) is 0.721. The van der Waals surface area contributed by atoms with Crippen molar-refractivity contribution in [3.05, 3.63) is 16.1 Å². The van der Waals surface area contributed by atoms with E-state index >= 15 is 0 Å². The van der Waals surface area contributed by atoms with E-state index in [0.717, 1.165) is 31.1 Å². The van der Waals surface area contributed by atoms with E-state index in [4.69, 9.17) is 23.2 Å². The SMILES string of the molecule is O=C1CC(Nc2c(Cl)cc(Cl)c3nsnc23)CCCN1. The summed E-state index contributed by atoms with van der Waals surface area (Å²) in [5.74, 6) is 0.0535. The molecule has 1 aromatic heterocycles. The van der Waals surface area contributed by atoms with E-state index in [9.17, 15) is 4.79 Å². The first kappa shape index (κ1) is 13.9. The van der Waals surface area contributed by atoms with Crippen LogP contribution in [0.1, 0.15) is 19.3 Å². The van der Waals surface area contributed by atoms with Crippen molar-refractivity contribution < 1.29 is 4.79 Å². The lowest BCUT2D eigenvalue weighted by Crippen LogP contribution is -2.27. The Morgan fingerprint density at radius 2 is 2.10 bits per heavy atom. The summed E-state index contributed by atoms with van der Waals surface area (Å²) in [4.78, 5) is 11.6.